The second-order valence-corrected chi connectivity index (χ2v) is 14.4. The van der Waals surface area contributed by atoms with Gasteiger partial charge in [0.1, 0.15) is 17.7 Å². The Morgan fingerprint density at radius 3 is 2.60 bits per heavy atom. The molecule has 3 amide bonds. The van der Waals surface area contributed by atoms with Crippen molar-refractivity contribution in [3.05, 3.63) is 45.4 Å². The third-order valence-corrected chi connectivity index (χ3v) is 11.6. The molecule has 1 saturated heterocycles. The number of aromatic nitrogens is 1. The molecule has 4 bridgehead atoms. The van der Waals surface area contributed by atoms with Crippen molar-refractivity contribution in [1.29, 1.82) is 0 Å². The predicted octanol–water partition coefficient (Wildman–Crippen LogP) is 4.85. The largest absolute Gasteiger partial charge is 0.458 e. The summed E-state index contributed by atoms with van der Waals surface area (Å²) in [7, 11) is 0. The van der Waals surface area contributed by atoms with E-state index in [1.807, 2.05) is 17.5 Å². The first kappa shape index (κ1) is 26.2. The molecule has 5 fully saturated rings. The minimum atomic E-state index is -0.623. The van der Waals surface area contributed by atoms with Crippen molar-refractivity contribution in [3.63, 3.8) is 0 Å². The lowest BCUT2D eigenvalue weighted by molar-refractivity contribution is -0.153. The summed E-state index contributed by atoms with van der Waals surface area (Å²) < 4.78 is 5.71. The van der Waals surface area contributed by atoms with Crippen molar-refractivity contribution >= 4 is 46.8 Å². The average Bonchev–Trinajstić information content (AvgIpc) is 3.50. The number of thiazole rings is 1. The van der Waals surface area contributed by atoms with Crippen molar-refractivity contribution in [2.45, 2.75) is 87.6 Å². The summed E-state index contributed by atoms with van der Waals surface area (Å²) in [6.07, 6.45) is 8.85. The van der Waals surface area contributed by atoms with Gasteiger partial charge < -0.3 is 9.64 Å². The Balaban J connectivity index is 0.935. The Kier molecular flexibility index (Phi) is 6.73. The van der Waals surface area contributed by atoms with E-state index in [-0.39, 0.29) is 36.2 Å². The van der Waals surface area contributed by atoms with Crippen LogP contribution in [0.15, 0.2) is 28.5 Å². The van der Waals surface area contributed by atoms with Crippen molar-refractivity contribution in [2.24, 2.45) is 23.2 Å². The van der Waals surface area contributed by atoms with E-state index >= 15 is 0 Å². The van der Waals surface area contributed by atoms with E-state index in [0.29, 0.717) is 30.7 Å². The fourth-order valence-corrected chi connectivity index (χ4v) is 10.1. The summed E-state index contributed by atoms with van der Waals surface area (Å²) in [6, 6.07) is 5.03. The Morgan fingerprint density at radius 2 is 1.88 bits per heavy atom. The number of carbonyl (C=O) groups excluding carboxylic acids is 4. The van der Waals surface area contributed by atoms with Crippen LogP contribution in [0, 0.1) is 23.2 Å². The van der Waals surface area contributed by atoms with Crippen LogP contribution in [0.2, 0.25) is 0 Å². The molecule has 0 radical (unpaired) electrons. The first-order valence-electron chi connectivity index (χ1n) is 14.3. The van der Waals surface area contributed by atoms with Crippen molar-refractivity contribution in [2.75, 3.05) is 0 Å². The number of thioether (sulfide) groups is 1. The first-order valence-corrected chi connectivity index (χ1v) is 16.2. The van der Waals surface area contributed by atoms with Gasteiger partial charge in [-0.1, -0.05) is 6.07 Å². The van der Waals surface area contributed by atoms with Crippen LogP contribution in [-0.4, -0.2) is 39.6 Å². The molecule has 2 aromatic rings. The van der Waals surface area contributed by atoms with E-state index in [4.69, 9.17) is 9.72 Å². The molecule has 8 nitrogen and oxygen atoms in total. The SMILES string of the molecule is O=C1CCC(N2Cc3c(SCc4csc(COC(=O)CC56CC7CC(CC(C7)C5)C6)n4)cccc3C2=O)C(=O)N1. The quantitative estimate of drug-likeness (QED) is 0.271. The summed E-state index contributed by atoms with van der Waals surface area (Å²) in [5.74, 6) is 2.15. The lowest BCUT2D eigenvalue weighted by Gasteiger charge is -2.56. The highest BCUT2D eigenvalue weighted by atomic mass is 32.2. The average molecular weight is 580 g/mol. The molecule has 1 unspecified atom stereocenters. The zero-order valence-corrected chi connectivity index (χ0v) is 24.0. The standard InChI is InChI=1S/C30H33N3O5S2/c34-25-5-4-23(28(36)32-25)33-13-22-21(29(33)37)2-1-3-24(22)39-15-20-16-40-26(31-20)14-38-27(35)12-30-9-17-6-18(10-30)8-19(7-17)11-30/h1-3,16-19,23H,4-15H2,(H,32,34,36). The Hall–Kier alpha value is -2.72. The van der Waals surface area contributed by atoms with Crippen molar-refractivity contribution in [1.82, 2.24) is 15.2 Å². The van der Waals surface area contributed by atoms with E-state index in [2.05, 4.69) is 5.32 Å². The molecular formula is C30H33N3O5S2. The van der Waals surface area contributed by atoms with Gasteiger partial charge in [-0.2, -0.15) is 0 Å². The topological polar surface area (TPSA) is 106 Å². The second kappa shape index (κ2) is 10.3. The Morgan fingerprint density at radius 1 is 1.12 bits per heavy atom. The van der Waals surface area contributed by atoms with Crippen LogP contribution in [0.4, 0.5) is 0 Å². The third-order valence-electron chi connectivity index (χ3n) is 9.55. The third kappa shape index (κ3) is 4.98. The lowest BCUT2D eigenvalue weighted by Crippen LogP contribution is -2.52. The summed E-state index contributed by atoms with van der Waals surface area (Å²) in [5.41, 5.74) is 2.61. The number of nitrogens with zero attached hydrogens (tertiary/aromatic N) is 2. The number of benzene rings is 1. The molecule has 0 spiro atoms. The summed E-state index contributed by atoms with van der Waals surface area (Å²) in [4.78, 5) is 57.1. The van der Waals surface area contributed by atoms with E-state index in [0.717, 1.165) is 38.9 Å². The number of fused-ring (bicyclic) bond motifs is 1. The highest BCUT2D eigenvalue weighted by molar-refractivity contribution is 7.98. The van der Waals surface area contributed by atoms with Gasteiger partial charge in [-0.05, 0) is 85.8 Å². The molecule has 2 aliphatic heterocycles. The Labute approximate surface area is 241 Å². The Bertz CT molecular complexity index is 1350. The van der Waals surface area contributed by atoms with Crippen LogP contribution in [0.1, 0.15) is 84.4 Å². The normalized spacial score (nSPS) is 30.5. The van der Waals surface area contributed by atoms with Crippen LogP contribution >= 0.6 is 23.1 Å². The molecule has 1 aromatic carbocycles. The number of nitrogens with one attached hydrogen (secondary N) is 1. The van der Waals surface area contributed by atoms with E-state index in [1.54, 1.807) is 22.7 Å². The number of imide groups is 1. The summed E-state index contributed by atoms with van der Waals surface area (Å²) in [5, 5.41) is 5.15. The van der Waals surface area contributed by atoms with E-state index in [1.165, 1.54) is 49.9 Å². The van der Waals surface area contributed by atoms with Gasteiger partial charge in [-0.25, -0.2) is 4.98 Å². The number of amides is 3. The number of piperidine rings is 1. The van der Waals surface area contributed by atoms with Crippen LogP contribution in [-0.2, 0) is 38.0 Å². The minimum Gasteiger partial charge on any atom is -0.458 e. The number of hydrogen-bond acceptors (Lipinski definition) is 8. The van der Waals surface area contributed by atoms with Gasteiger partial charge in [0.15, 0.2) is 0 Å². The van der Waals surface area contributed by atoms with Gasteiger partial charge in [0.05, 0.1) is 12.1 Å². The number of carbonyl (C=O) groups is 4. The van der Waals surface area contributed by atoms with E-state index in [9.17, 15) is 19.2 Å². The molecule has 1 atom stereocenters. The van der Waals surface area contributed by atoms with Crippen LogP contribution in [0.3, 0.4) is 0 Å². The predicted molar refractivity (Wildman–Crippen MR) is 149 cm³/mol. The fourth-order valence-electron chi connectivity index (χ4n) is 8.33. The maximum atomic E-state index is 13.1. The molecule has 8 rings (SSSR count). The molecule has 3 heterocycles. The van der Waals surface area contributed by atoms with Crippen LogP contribution in [0.5, 0.6) is 0 Å². The second-order valence-electron chi connectivity index (χ2n) is 12.5. The molecule has 40 heavy (non-hydrogen) atoms. The zero-order chi connectivity index (χ0) is 27.4. The summed E-state index contributed by atoms with van der Waals surface area (Å²) in [6.45, 7) is 0.572. The van der Waals surface area contributed by atoms with Gasteiger partial charge in [0.2, 0.25) is 11.8 Å². The van der Waals surface area contributed by atoms with Crippen LogP contribution < -0.4 is 5.32 Å². The van der Waals surface area contributed by atoms with Crippen molar-refractivity contribution in [3.8, 4) is 0 Å². The maximum Gasteiger partial charge on any atom is 0.306 e. The monoisotopic (exact) mass is 579 g/mol. The van der Waals surface area contributed by atoms with Crippen molar-refractivity contribution < 1.29 is 23.9 Å². The lowest BCUT2D eigenvalue weighted by atomic mass is 9.49. The first-order chi connectivity index (χ1) is 19.3. The molecule has 4 saturated carbocycles. The molecule has 1 N–H and O–H groups in total. The highest BCUT2D eigenvalue weighted by Gasteiger charge is 2.51. The number of hydrogen-bond donors (Lipinski definition) is 1. The highest BCUT2D eigenvalue weighted by Crippen LogP contribution is 2.61. The summed E-state index contributed by atoms with van der Waals surface area (Å²) >= 11 is 3.11. The van der Waals surface area contributed by atoms with Gasteiger partial charge in [-0.3, -0.25) is 24.5 Å². The number of rotatable bonds is 8. The molecule has 10 heteroatoms. The fraction of sp³-hybridized carbons (Fsp3) is 0.567. The number of esters is 1. The molecule has 1 aromatic heterocycles. The minimum absolute atomic E-state index is 0.0850. The van der Waals surface area contributed by atoms with Crippen LogP contribution in [0.25, 0.3) is 0 Å². The maximum absolute atomic E-state index is 13.1. The van der Waals surface area contributed by atoms with Gasteiger partial charge in [0, 0.05) is 34.6 Å². The molecule has 210 valence electrons. The van der Waals surface area contributed by atoms with E-state index < -0.39 is 11.9 Å². The molecule has 4 aliphatic carbocycles. The molecule has 6 aliphatic rings. The number of ether oxygens (including phenoxy) is 1. The smallest absolute Gasteiger partial charge is 0.306 e. The molecular weight excluding hydrogens is 546 g/mol. The van der Waals surface area contributed by atoms with Gasteiger partial charge in [0.25, 0.3) is 5.91 Å². The van der Waals surface area contributed by atoms with Gasteiger partial charge >= 0.3 is 5.97 Å². The zero-order valence-electron chi connectivity index (χ0n) is 22.4. The van der Waals surface area contributed by atoms with Gasteiger partial charge in [-0.15, -0.1) is 23.1 Å².